The average molecular weight is 515 g/mol. The van der Waals surface area contributed by atoms with E-state index in [1.807, 2.05) is 6.07 Å². The molecule has 3 N–H and O–H groups in total. The first-order chi connectivity index (χ1) is 17.5. The molecule has 0 bridgehead atoms. The number of nitriles is 1. The van der Waals surface area contributed by atoms with Gasteiger partial charge in [0.05, 0.1) is 19.8 Å². The van der Waals surface area contributed by atoms with Gasteiger partial charge in [-0.15, -0.1) is 11.3 Å². The molecule has 0 spiro atoms. The Morgan fingerprint density at radius 1 is 1.25 bits per heavy atom. The maximum Gasteiger partial charge on any atom is 0.351 e. The Labute approximate surface area is 212 Å². The zero-order valence-corrected chi connectivity index (χ0v) is 21.2. The van der Waals surface area contributed by atoms with E-state index in [1.165, 1.54) is 10.8 Å². The summed E-state index contributed by atoms with van der Waals surface area (Å²) in [7, 11) is 0. The van der Waals surface area contributed by atoms with Crippen molar-refractivity contribution in [1.82, 2.24) is 14.8 Å². The lowest BCUT2D eigenvalue weighted by Crippen LogP contribution is -2.42. The number of nitrogens with zero attached hydrogens (tertiary/aromatic N) is 3. The number of carbonyl (C=O) groups excluding carboxylic acids is 2. The third kappa shape index (κ3) is 7.17. The van der Waals surface area contributed by atoms with Crippen molar-refractivity contribution in [3.63, 3.8) is 0 Å². The van der Waals surface area contributed by atoms with Gasteiger partial charge < -0.3 is 25.4 Å². The highest BCUT2D eigenvalue weighted by Gasteiger charge is 2.16. The molecule has 2 amide bonds. The maximum atomic E-state index is 12.8. The largest absolute Gasteiger partial charge is 0.462 e. The van der Waals surface area contributed by atoms with Crippen LogP contribution in [0.4, 0.5) is 16.2 Å². The van der Waals surface area contributed by atoms with Gasteiger partial charge in [0.2, 0.25) is 0 Å². The Morgan fingerprint density at radius 2 is 2.00 bits per heavy atom. The van der Waals surface area contributed by atoms with Crippen LogP contribution in [0, 0.1) is 11.3 Å². The number of urea groups is 1. The van der Waals surface area contributed by atoms with Crippen LogP contribution in [-0.4, -0.2) is 67.5 Å². The smallest absolute Gasteiger partial charge is 0.351 e. The molecule has 2 aromatic rings. The number of esters is 1. The predicted octanol–water partition coefficient (Wildman–Crippen LogP) is 0.471. The van der Waals surface area contributed by atoms with Crippen molar-refractivity contribution in [2.45, 2.75) is 20.4 Å². The van der Waals surface area contributed by atoms with E-state index in [0.717, 1.165) is 31.0 Å². The average Bonchev–Trinajstić information content (AvgIpc) is 3.19. The highest BCUT2D eigenvalue weighted by Crippen LogP contribution is 2.15. The van der Waals surface area contributed by atoms with E-state index in [-0.39, 0.29) is 28.4 Å². The maximum absolute atomic E-state index is 12.8. The molecule has 3 rings (SSSR count). The summed E-state index contributed by atoms with van der Waals surface area (Å²) in [5.74, 6) is -0.759. The van der Waals surface area contributed by atoms with E-state index < -0.39 is 5.97 Å². The van der Waals surface area contributed by atoms with Gasteiger partial charge >= 0.3 is 12.0 Å². The minimum absolute atomic E-state index is 0.128. The van der Waals surface area contributed by atoms with Crippen molar-refractivity contribution in [2.75, 3.05) is 56.6 Å². The molecule has 12 heteroatoms. The van der Waals surface area contributed by atoms with Gasteiger partial charge in [0.15, 0.2) is 5.57 Å². The number of nitrogens with one attached hydrogen (secondary N) is 3. The molecule has 0 saturated carbocycles. The van der Waals surface area contributed by atoms with Crippen LogP contribution in [0.5, 0.6) is 0 Å². The number of benzene rings is 1. The van der Waals surface area contributed by atoms with Crippen LogP contribution in [0.2, 0.25) is 0 Å². The van der Waals surface area contributed by atoms with E-state index in [4.69, 9.17) is 9.47 Å². The number of aromatic nitrogens is 1. The van der Waals surface area contributed by atoms with E-state index in [0.29, 0.717) is 42.2 Å². The lowest BCUT2D eigenvalue weighted by Gasteiger charge is -2.26. The summed E-state index contributed by atoms with van der Waals surface area (Å²) in [6, 6.07) is 8.59. The molecule has 0 aliphatic carbocycles. The van der Waals surface area contributed by atoms with E-state index in [9.17, 15) is 19.6 Å². The zero-order chi connectivity index (χ0) is 25.9. The normalized spacial score (nSPS) is 15.1. The summed E-state index contributed by atoms with van der Waals surface area (Å²) >= 11 is 1.03. The van der Waals surface area contributed by atoms with Crippen LogP contribution >= 0.6 is 11.3 Å². The van der Waals surface area contributed by atoms with Gasteiger partial charge in [-0.25, -0.2) is 9.59 Å². The summed E-state index contributed by atoms with van der Waals surface area (Å²) in [5.41, 5.74) is 0.702. The summed E-state index contributed by atoms with van der Waals surface area (Å²) < 4.78 is 12.2. The highest BCUT2D eigenvalue weighted by molar-refractivity contribution is 7.07. The fourth-order valence-electron chi connectivity index (χ4n) is 3.54. The van der Waals surface area contributed by atoms with Crippen molar-refractivity contribution < 1.29 is 19.1 Å². The number of morpholine rings is 1. The van der Waals surface area contributed by atoms with Crippen LogP contribution in [0.25, 0.3) is 11.8 Å². The van der Waals surface area contributed by atoms with Crippen LogP contribution < -0.4 is 30.7 Å². The second kappa shape index (κ2) is 13.4. The molecule has 0 atom stereocenters. The van der Waals surface area contributed by atoms with Gasteiger partial charge in [-0.3, -0.25) is 14.3 Å². The first-order valence-electron chi connectivity index (χ1n) is 11.7. The first kappa shape index (κ1) is 26.9. The van der Waals surface area contributed by atoms with Crippen molar-refractivity contribution in [3.8, 4) is 6.07 Å². The topological polar surface area (TPSA) is 138 Å². The van der Waals surface area contributed by atoms with Gasteiger partial charge in [0, 0.05) is 50.3 Å². The molecule has 1 saturated heterocycles. The van der Waals surface area contributed by atoms with Gasteiger partial charge in [-0.2, -0.15) is 5.26 Å². The molecule has 1 aliphatic heterocycles. The Bertz CT molecular complexity index is 1290. The standard InChI is InChI=1S/C24H30N6O5S/c1-3-30-21(31)20(36-22(30)19(15-25)23(32)35-4-2)16-27-17-6-5-7-18(14-17)28-24(33)26-8-9-29-10-12-34-13-11-29/h5-7,14,16,27H,3-4,8-13H2,1-2H3,(H2,26,28,33)/b20-16+,22-19+. The number of rotatable bonds is 9. The Kier molecular flexibility index (Phi) is 10.1. The van der Waals surface area contributed by atoms with Gasteiger partial charge in [-0.05, 0) is 32.0 Å². The van der Waals surface area contributed by atoms with Crippen LogP contribution in [0.3, 0.4) is 0 Å². The molecule has 2 heterocycles. The summed E-state index contributed by atoms with van der Waals surface area (Å²) in [6.07, 6.45) is 1.52. The number of hydrogen-bond donors (Lipinski definition) is 3. The SMILES string of the molecule is CCOC(=O)/C(C#N)=c1/s/c(=C/Nc2cccc(NC(=O)NCCN3CCOCC3)c2)c(=O)n1CC. The number of carbonyl (C=O) groups is 2. The predicted molar refractivity (Wildman–Crippen MR) is 138 cm³/mol. The van der Waals surface area contributed by atoms with Gasteiger partial charge in [0.1, 0.15) is 15.3 Å². The molecule has 1 aromatic carbocycles. The second-order valence-corrected chi connectivity index (χ2v) is 8.76. The minimum atomic E-state index is -0.759. The molecule has 0 radical (unpaired) electrons. The van der Waals surface area contributed by atoms with Crippen molar-refractivity contribution in [3.05, 3.63) is 43.8 Å². The Morgan fingerprint density at radius 3 is 2.69 bits per heavy atom. The lowest BCUT2D eigenvalue weighted by molar-refractivity contribution is -0.136. The number of anilines is 2. The molecule has 36 heavy (non-hydrogen) atoms. The van der Waals surface area contributed by atoms with Crippen LogP contribution in [-0.2, 0) is 20.8 Å². The molecule has 1 fully saturated rings. The van der Waals surface area contributed by atoms with Crippen molar-refractivity contribution in [2.24, 2.45) is 0 Å². The molecule has 192 valence electrons. The summed E-state index contributed by atoms with van der Waals surface area (Å²) in [5, 5.41) is 18.2. The Hall–Kier alpha value is -3.66. The summed E-state index contributed by atoms with van der Waals surface area (Å²) in [4.78, 5) is 39.5. The fourth-order valence-corrected chi connectivity index (χ4v) is 4.62. The summed E-state index contributed by atoms with van der Waals surface area (Å²) in [6.45, 7) is 8.26. The number of hydrogen-bond acceptors (Lipinski definition) is 9. The quantitative estimate of drug-likeness (QED) is 0.411. The monoisotopic (exact) mass is 514 g/mol. The number of ether oxygens (including phenoxy) is 2. The minimum Gasteiger partial charge on any atom is -0.462 e. The molecule has 11 nitrogen and oxygen atoms in total. The fraction of sp³-hybridized carbons (Fsp3) is 0.417. The van der Waals surface area contributed by atoms with Crippen LogP contribution in [0.1, 0.15) is 13.8 Å². The first-order valence-corrected chi connectivity index (χ1v) is 12.5. The van der Waals surface area contributed by atoms with E-state index in [2.05, 4.69) is 20.9 Å². The van der Waals surface area contributed by atoms with Gasteiger partial charge in [0.25, 0.3) is 5.56 Å². The molecule has 1 aromatic heterocycles. The third-order valence-corrected chi connectivity index (χ3v) is 6.47. The zero-order valence-electron chi connectivity index (χ0n) is 20.3. The highest BCUT2D eigenvalue weighted by atomic mass is 32.1. The van der Waals surface area contributed by atoms with E-state index >= 15 is 0 Å². The second-order valence-electron chi connectivity index (χ2n) is 7.73. The number of thiazole rings is 1. The van der Waals surface area contributed by atoms with Crippen molar-refractivity contribution in [1.29, 1.82) is 5.26 Å². The van der Waals surface area contributed by atoms with Crippen molar-refractivity contribution >= 4 is 46.5 Å². The molecule has 0 unspecified atom stereocenters. The lowest BCUT2D eigenvalue weighted by atomic mass is 10.3. The molecular weight excluding hydrogens is 484 g/mol. The number of amides is 2. The van der Waals surface area contributed by atoms with Gasteiger partial charge in [-0.1, -0.05) is 6.07 Å². The Balaban J connectivity index is 1.69. The van der Waals surface area contributed by atoms with Crippen LogP contribution in [0.15, 0.2) is 29.1 Å². The molecular formula is C24H30N6O5S. The third-order valence-electron chi connectivity index (χ3n) is 5.34. The molecule has 1 aliphatic rings. The van der Waals surface area contributed by atoms with E-state index in [1.54, 1.807) is 38.1 Å².